The van der Waals surface area contributed by atoms with E-state index in [9.17, 15) is 4.39 Å². The molecule has 1 aromatic carbocycles. The molecular formula is C14H17FN2. The summed E-state index contributed by atoms with van der Waals surface area (Å²) in [7, 11) is 0. The van der Waals surface area contributed by atoms with Crippen molar-refractivity contribution in [1.29, 1.82) is 0 Å². The third kappa shape index (κ3) is 2.20. The largest absolute Gasteiger partial charge is 0.309 e. The fourth-order valence-electron chi connectivity index (χ4n) is 2.59. The van der Waals surface area contributed by atoms with Crippen molar-refractivity contribution >= 4 is 6.08 Å². The Hall–Kier alpha value is -1.35. The predicted molar refractivity (Wildman–Crippen MR) is 66.4 cm³/mol. The van der Waals surface area contributed by atoms with Gasteiger partial charge >= 0.3 is 0 Å². The quantitative estimate of drug-likeness (QED) is 0.734. The molecule has 2 nitrogen and oxygen atoms in total. The van der Waals surface area contributed by atoms with Gasteiger partial charge in [-0.15, -0.1) is 0 Å². The third-order valence-corrected chi connectivity index (χ3v) is 3.56. The summed E-state index contributed by atoms with van der Waals surface area (Å²) in [5.74, 6) is -0.153. The normalized spacial score (nSPS) is 20.4. The summed E-state index contributed by atoms with van der Waals surface area (Å²) in [4.78, 5) is 0. The van der Waals surface area contributed by atoms with Crippen LogP contribution in [0, 0.1) is 5.82 Å². The molecule has 3 heteroatoms. The van der Waals surface area contributed by atoms with Crippen molar-refractivity contribution < 1.29 is 4.39 Å². The second kappa shape index (κ2) is 4.49. The van der Waals surface area contributed by atoms with Crippen LogP contribution in [0.15, 0.2) is 24.4 Å². The van der Waals surface area contributed by atoms with E-state index in [4.69, 9.17) is 0 Å². The first-order chi connectivity index (χ1) is 8.33. The Labute approximate surface area is 101 Å². The van der Waals surface area contributed by atoms with Crippen LogP contribution in [0.4, 0.5) is 4.39 Å². The minimum atomic E-state index is -0.153. The van der Waals surface area contributed by atoms with Crippen molar-refractivity contribution in [3.05, 3.63) is 41.3 Å². The summed E-state index contributed by atoms with van der Waals surface area (Å²) < 4.78 is 13.1. The van der Waals surface area contributed by atoms with Gasteiger partial charge in [-0.3, -0.25) is 0 Å². The lowest BCUT2D eigenvalue weighted by molar-refractivity contribution is -0.00334. The van der Waals surface area contributed by atoms with E-state index >= 15 is 0 Å². The molecule has 2 heterocycles. The maximum atomic E-state index is 13.1. The van der Waals surface area contributed by atoms with Crippen LogP contribution in [0.5, 0.6) is 0 Å². The van der Waals surface area contributed by atoms with E-state index in [-0.39, 0.29) is 5.82 Å². The third-order valence-electron chi connectivity index (χ3n) is 3.56. The Bertz CT molecular complexity index is 436. The number of nitrogens with zero attached hydrogens (tertiary/aromatic N) is 2. The Morgan fingerprint density at radius 1 is 1.06 bits per heavy atom. The van der Waals surface area contributed by atoms with Gasteiger partial charge in [-0.1, -0.05) is 12.5 Å². The highest BCUT2D eigenvalue weighted by atomic mass is 19.1. The summed E-state index contributed by atoms with van der Waals surface area (Å²) in [6.07, 6.45) is 7.99. The Balaban J connectivity index is 1.78. The summed E-state index contributed by atoms with van der Waals surface area (Å²) in [6, 6.07) is 5.05. The molecule has 0 atom stereocenters. The van der Waals surface area contributed by atoms with Crippen molar-refractivity contribution in [3.63, 3.8) is 0 Å². The molecular weight excluding hydrogens is 215 g/mol. The maximum absolute atomic E-state index is 13.1. The number of hydrogen-bond donors (Lipinski definition) is 0. The smallest absolute Gasteiger partial charge is 0.123 e. The van der Waals surface area contributed by atoms with Gasteiger partial charge in [0.25, 0.3) is 0 Å². The highest BCUT2D eigenvalue weighted by Crippen LogP contribution is 2.23. The molecule has 0 spiro atoms. The van der Waals surface area contributed by atoms with Gasteiger partial charge < -0.3 is 5.01 Å². The predicted octanol–water partition coefficient (Wildman–Crippen LogP) is 3.01. The van der Waals surface area contributed by atoms with Crippen LogP contribution in [-0.4, -0.2) is 23.1 Å². The molecule has 0 amide bonds. The summed E-state index contributed by atoms with van der Waals surface area (Å²) in [6.45, 7) is 3.15. The number of piperidine rings is 1. The van der Waals surface area contributed by atoms with Crippen molar-refractivity contribution in [2.45, 2.75) is 25.8 Å². The van der Waals surface area contributed by atoms with Crippen LogP contribution >= 0.6 is 0 Å². The minimum Gasteiger partial charge on any atom is -0.309 e. The van der Waals surface area contributed by atoms with Crippen molar-refractivity contribution in [2.75, 3.05) is 13.1 Å². The Kier molecular flexibility index (Phi) is 2.85. The lowest BCUT2D eigenvalue weighted by Gasteiger charge is -2.38. The second-order valence-electron chi connectivity index (χ2n) is 4.77. The molecule has 2 aliphatic heterocycles. The number of hydrogen-bond acceptors (Lipinski definition) is 2. The molecule has 0 bridgehead atoms. The van der Waals surface area contributed by atoms with Crippen LogP contribution in [0.25, 0.3) is 6.08 Å². The number of rotatable bonds is 1. The van der Waals surface area contributed by atoms with Crippen LogP contribution in [0.1, 0.15) is 30.4 Å². The zero-order valence-corrected chi connectivity index (χ0v) is 9.90. The molecule has 90 valence electrons. The van der Waals surface area contributed by atoms with E-state index < -0.39 is 0 Å². The average Bonchev–Trinajstić information content (AvgIpc) is 2.39. The molecule has 17 heavy (non-hydrogen) atoms. The number of hydrazine groups is 1. The Morgan fingerprint density at radius 2 is 1.88 bits per heavy atom. The Morgan fingerprint density at radius 3 is 2.71 bits per heavy atom. The first-order valence-electron chi connectivity index (χ1n) is 6.31. The van der Waals surface area contributed by atoms with Crippen LogP contribution in [0.3, 0.4) is 0 Å². The molecule has 0 unspecified atom stereocenters. The van der Waals surface area contributed by atoms with Crippen molar-refractivity contribution in [1.82, 2.24) is 10.0 Å². The van der Waals surface area contributed by atoms with Crippen LogP contribution in [-0.2, 0) is 6.54 Å². The van der Waals surface area contributed by atoms with E-state index in [1.165, 1.54) is 24.8 Å². The van der Waals surface area contributed by atoms with E-state index in [0.717, 1.165) is 25.2 Å². The van der Waals surface area contributed by atoms with E-state index in [1.54, 1.807) is 12.1 Å². The number of halogens is 1. The van der Waals surface area contributed by atoms with Gasteiger partial charge in [-0.2, -0.15) is 0 Å². The molecule has 0 aliphatic carbocycles. The van der Waals surface area contributed by atoms with E-state index in [1.807, 2.05) is 12.1 Å². The summed E-state index contributed by atoms with van der Waals surface area (Å²) >= 11 is 0. The fourth-order valence-corrected chi connectivity index (χ4v) is 2.59. The summed E-state index contributed by atoms with van der Waals surface area (Å²) in [5, 5.41) is 4.66. The van der Waals surface area contributed by atoms with Gasteiger partial charge in [-0.05, 0) is 42.2 Å². The van der Waals surface area contributed by atoms with Gasteiger partial charge in [0.15, 0.2) is 0 Å². The molecule has 1 aromatic rings. The lowest BCUT2D eigenvalue weighted by Crippen LogP contribution is -2.42. The molecule has 1 saturated heterocycles. The average molecular weight is 232 g/mol. The zero-order chi connectivity index (χ0) is 11.7. The zero-order valence-electron chi connectivity index (χ0n) is 9.90. The first kappa shape index (κ1) is 10.8. The van der Waals surface area contributed by atoms with E-state index in [0.29, 0.717) is 0 Å². The molecule has 0 radical (unpaired) electrons. The molecule has 3 rings (SSSR count). The van der Waals surface area contributed by atoms with Crippen molar-refractivity contribution in [2.24, 2.45) is 0 Å². The maximum Gasteiger partial charge on any atom is 0.123 e. The minimum absolute atomic E-state index is 0.153. The standard InChI is InChI=1S/C14H17FN2/c15-14-5-4-13-11-17(9-6-12(13)10-14)16-7-2-1-3-8-16/h4-6,9-10H,1-3,7-8,11H2. The highest BCUT2D eigenvalue weighted by molar-refractivity contribution is 5.55. The molecule has 0 N–H and O–H groups in total. The van der Waals surface area contributed by atoms with Gasteiger partial charge in [0.05, 0.1) is 6.54 Å². The van der Waals surface area contributed by atoms with Gasteiger partial charge in [0.1, 0.15) is 5.82 Å². The molecule has 2 aliphatic rings. The molecule has 0 aromatic heterocycles. The monoisotopic (exact) mass is 232 g/mol. The molecule has 0 saturated carbocycles. The SMILES string of the molecule is Fc1ccc2c(c1)C=CN(N1CCCCC1)C2. The topological polar surface area (TPSA) is 6.48 Å². The van der Waals surface area contributed by atoms with E-state index in [2.05, 4.69) is 16.2 Å². The van der Waals surface area contributed by atoms with Gasteiger partial charge in [-0.25, -0.2) is 9.40 Å². The molecule has 1 fully saturated rings. The fraction of sp³-hybridized carbons (Fsp3) is 0.429. The van der Waals surface area contributed by atoms with Gasteiger partial charge in [0.2, 0.25) is 0 Å². The first-order valence-corrected chi connectivity index (χ1v) is 6.31. The van der Waals surface area contributed by atoms with Crippen molar-refractivity contribution in [3.8, 4) is 0 Å². The van der Waals surface area contributed by atoms with Gasteiger partial charge in [0, 0.05) is 19.3 Å². The lowest BCUT2D eigenvalue weighted by atomic mass is 10.0. The summed E-state index contributed by atoms with van der Waals surface area (Å²) in [5.41, 5.74) is 2.22. The van der Waals surface area contributed by atoms with Crippen LogP contribution < -0.4 is 0 Å². The number of benzene rings is 1. The second-order valence-corrected chi connectivity index (χ2v) is 4.77. The van der Waals surface area contributed by atoms with Crippen LogP contribution in [0.2, 0.25) is 0 Å². The highest BCUT2D eigenvalue weighted by Gasteiger charge is 2.19. The number of fused-ring (bicyclic) bond motifs is 1.